The van der Waals surface area contributed by atoms with Crippen LogP contribution in [0.5, 0.6) is 5.75 Å². The first-order valence-electron chi connectivity index (χ1n) is 7.72. The van der Waals surface area contributed by atoms with Gasteiger partial charge in [-0.25, -0.2) is 22.8 Å². The molecule has 8 heteroatoms. The molecule has 1 aromatic carbocycles. The Morgan fingerprint density at radius 3 is 3.13 bits per heavy atom. The van der Waals surface area contributed by atoms with Crippen LogP contribution in [0.1, 0.15) is 37.2 Å². The van der Waals surface area contributed by atoms with Crippen molar-refractivity contribution in [3.05, 3.63) is 35.9 Å². The topological polar surface area (TPSA) is 86.1 Å². The maximum atomic E-state index is 12.7. The molecule has 0 amide bonds. The van der Waals surface area contributed by atoms with Gasteiger partial charge in [0.1, 0.15) is 24.0 Å². The highest BCUT2D eigenvalue weighted by Gasteiger charge is 2.29. The summed E-state index contributed by atoms with van der Waals surface area (Å²) in [5.41, 5.74) is 0.937. The average Bonchev–Trinajstić information content (AvgIpc) is 3.11. The molecule has 0 fully saturated rings. The molecule has 7 nitrogen and oxygen atoms in total. The second-order valence-electron chi connectivity index (χ2n) is 6.06. The standard InChI is InChI=1S/C15H18N4O3S/c1-10-7-11-8-12(4-5-14(11)22-10)23(20,21)18-13-3-2-6-19-15(13)16-9-17-19/h4-5,8-10,13,18H,2-3,6-7H2,1H3/t10-,13+/m0/s1. The van der Waals surface area contributed by atoms with Gasteiger partial charge < -0.3 is 4.74 Å². The minimum absolute atomic E-state index is 0.0906. The predicted molar refractivity (Wildman–Crippen MR) is 82.6 cm³/mol. The van der Waals surface area contributed by atoms with Crippen LogP contribution < -0.4 is 9.46 Å². The van der Waals surface area contributed by atoms with Gasteiger partial charge >= 0.3 is 0 Å². The molecule has 0 spiro atoms. The van der Waals surface area contributed by atoms with Crippen LogP contribution in [0.2, 0.25) is 0 Å². The molecule has 1 N–H and O–H groups in total. The van der Waals surface area contributed by atoms with E-state index in [1.807, 2.05) is 6.92 Å². The minimum Gasteiger partial charge on any atom is -0.490 e. The third-order valence-corrected chi connectivity index (χ3v) is 5.76. The van der Waals surface area contributed by atoms with Crippen molar-refractivity contribution in [3.63, 3.8) is 0 Å². The van der Waals surface area contributed by atoms with Crippen molar-refractivity contribution in [1.29, 1.82) is 0 Å². The number of ether oxygens (including phenoxy) is 1. The molecule has 0 radical (unpaired) electrons. The third-order valence-electron chi connectivity index (χ3n) is 4.30. The molecule has 0 aliphatic carbocycles. The van der Waals surface area contributed by atoms with Gasteiger partial charge in [-0.05, 0) is 43.5 Å². The largest absolute Gasteiger partial charge is 0.490 e. The van der Waals surface area contributed by atoms with Gasteiger partial charge in [-0.3, -0.25) is 0 Å². The zero-order chi connectivity index (χ0) is 16.0. The van der Waals surface area contributed by atoms with Crippen molar-refractivity contribution < 1.29 is 13.2 Å². The summed E-state index contributed by atoms with van der Waals surface area (Å²) in [5, 5.41) is 4.12. The molecule has 1 aromatic heterocycles. The third kappa shape index (κ3) is 2.61. The Hall–Kier alpha value is -1.93. The van der Waals surface area contributed by atoms with E-state index in [1.54, 1.807) is 22.9 Å². The average molecular weight is 334 g/mol. The van der Waals surface area contributed by atoms with Gasteiger partial charge in [-0.15, -0.1) is 0 Å². The van der Waals surface area contributed by atoms with E-state index in [4.69, 9.17) is 4.74 Å². The van der Waals surface area contributed by atoms with E-state index in [2.05, 4.69) is 14.8 Å². The molecule has 0 bridgehead atoms. The van der Waals surface area contributed by atoms with E-state index in [0.29, 0.717) is 5.82 Å². The number of aryl methyl sites for hydroxylation is 1. The molecule has 4 rings (SSSR count). The van der Waals surface area contributed by atoms with Crippen molar-refractivity contribution >= 4 is 10.0 Å². The Bertz CT molecular complexity index is 846. The number of sulfonamides is 1. The van der Waals surface area contributed by atoms with E-state index in [9.17, 15) is 8.42 Å². The van der Waals surface area contributed by atoms with Crippen LogP contribution in [0.15, 0.2) is 29.4 Å². The van der Waals surface area contributed by atoms with Crippen LogP contribution in [-0.2, 0) is 23.0 Å². The Labute approximate surface area is 134 Å². The van der Waals surface area contributed by atoms with E-state index in [0.717, 1.165) is 37.1 Å². The van der Waals surface area contributed by atoms with Crippen LogP contribution in [-0.4, -0.2) is 29.3 Å². The molecule has 0 saturated heterocycles. The maximum Gasteiger partial charge on any atom is 0.241 e. The SMILES string of the molecule is C[C@H]1Cc2cc(S(=O)(=O)N[C@@H]3CCCn4ncnc43)ccc2O1. The summed E-state index contributed by atoms with van der Waals surface area (Å²) in [6.07, 6.45) is 3.89. The first kappa shape index (κ1) is 14.6. The van der Waals surface area contributed by atoms with Crippen molar-refractivity contribution in [2.75, 3.05) is 0 Å². The molecule has 2 aliphatic heterocycles. The lowest BCUT2D eigenvalue weighted by molar-refractivity contribution is 0.254. The van der Waals surface area contributed by atoms with E-state index in [1.165, 1.54) is 6.33 Å². The minimum atomic E-state index is -3.61. The zero-order valence-corrected chi connectivity index (χ0v) is 13.6. The highest BCUT2D eigenvalue weighted by molar-refractivity contribution is 7.89. The zero-order valence-electron chi connectivity index (χ0n) is 12.8. The Balaban J connectivity index is 1.61. The van der Waals surface area contributed by atoms with Crippen LogP contribution in [0.4, 0.5) is 0 Å². The number of benzene rings is 1. The van der Waals surface area contributed by atoms with Crippen LogP contribution in [0.25, 0.3) is 0 Å². The Morgan fingerprint density at radius 2 is 2.26 bits per heavy atom. The highest BCUT2D eigenvalue weighted by Crippen LogP contribution is 2.31. The van der Waals surface area contributed by atoms with Gasteiger partial charge in [-0.1, -0.05) is 0 Å². The molecule has 23 heavy (non-hydrogen) atoms. The van der Waals surface area contributed by atoms with Crippen LogP contribution in [0.3, 0.4) is 0 Å². The molecule has 2 aromatic rings. The first-order chi connectivity index (χ1) is 11.0. The van der Waals surface area contributed by atoms with Gasteiger partial charge in [-0.2, -0.15) is 5.10 Å². The smallest absolute Gasteiger partial charge is 0.241 e. The van der Waals surface area contributed by atoms with E-state index in [-0.39, 0.29) is 17.0 Å². The lowest BCUT2D eigenvalue weighted by Gasteiger charge is -2.23. The van der Waals surface area contributed by atoms with E-state index >= 15 is 0 Å². The fourth-order valence-corrected chi connectivity index (χ4v) is 4.50. The lowest BCUT2D eigenvalue weighted by atomic mass is 10.1. The van der Waals surface area contributed by atoms with Crippen molar-refractivity contribution in [2.45, 2.75) is 49.8 Å². The summed E-state index contributed by atoms with van der Waals surface area (Å²) in [5.74, 6) is 1.45. The predicted octanol–water partition coefficient (Wildman–Crippen LogP) is 1.41. The van der Waals surface area contributed by atoms with Crippen molar-refractivity contribution in [3.8, 4) is 5.75 Å². The lowest BCUT2D eigenvalue weighted by Crippen LogP contribution is -2.33. The first-order valence-corrected chi connectivity index (χ1v) is 9.21. The molecule has 0 unspecified atom stereocenters. The summed E-state index contributed by atoms with van der Waals surface area (Å²) < 4.78 is 35.6. The number of hydrogen-bond acceptors (Lipinski definition) is 5. The molecule has 2 atom stereocenters. The fraction of sp³-hybridized carbons (Fsp3) is 0.467. The molecular formula is C15H18N4O3S. The van der Waals surface area contributed by atoms with Crippen LogP contribution in [0, 0.1) is 0 Å². The highest BCUT2D eigenvalue weighted by atomic mass is 32.2. The van der Waals surface area contributed by atoms with Crippen molar-refractivity contribution in [2.24, 2.45) is 0 Å². The quantitative estimate of drug-likeness (QED) is 0.917. The number of hydrogen-bond donors (Lipinski definition) is 1. The van der Waals surface area contributed by atoms with Gasteiger partial charge in [0.15, 0.2) is 0 Å². The number of aromatic nitrogens is 3. The Morgan fingerprint density at radius 1 is 1.39 bits per heavy atom. The second kappa shape index (κ2) is 5.31. The summed E-state index contributed by atoms with van der Waals surface area (Å²) in [6.45, 7) is 2.75. The normalized spacial score (nSPS) is 23.2. The molecular weight excluding hydrogens is 316 g/mol. The summed E-state index contributed by atoms with van der Waals surface area (Å²) in [4.78, 5) is 4.46. The fourth-order valence-electron chi connectivity index (χ4n) is 3.22. The molecule has 2 aliphatic rings. The summed E-state index contributed by atoms with van der Waals surface area (Å²) in [7, 11) is -3.61. The maximum absolute atomic E-state index is 12.7. The van der Waals surface area contributed by atoms with Gasteiger partial charge in [0.2, 0.25) is 10.0 Å². The van der Waals surface area contributed by atoms with Gasteiger partial charge in [0.25, 0.3) is 0 Å². The monoisotopic (exact) mass is 334 g/mol. The van der Waals surface area contributed by atoms with E-state index < -0.39 is 10.0 Å². The molecule has 3 heterocycles. The van der Waals surface area contributed by atoms with Gasteiger partial charge in [0.05, 0.1) is 10.9 Å². The van der Waals surface area contributed by atoms with Crippen LogP contribution >= 0.6 is 0 Å². The number of rotatable bonds is 3. The number of nitrogens with one attached hydrogen (secondary N) is 1. The summed E-state index contributed by atoms with van der Waals surface area (Å²) in [6, 6.07) is 4.69. The molecule has 122 valence electrons. The second-order valence-corrected chi connectivity index (χ2v) is 7.77. The van der Waals surface area contributed by atoms with Crippen molar-refractivity contribution in [1.82, 2.24) is 19.5 Å². The summed E-state index contributed by atoms with van der Waals surface area (Å²) >= 11 is 0. The number of nitrogens with zero attached hydrogens (tertiary/aromatic N) is 3. The Kier molecular flexibility index (Phi) is 3.38. The van der Waals surface area contributed by atoms with Gasteiger partial charge in [0, 0.05) is 13.0 Å². The molecule has 0 saturated carbocycles. The number of fused-ring (bicyclic) bond motifs is 2.